The molecule has 4 heteroatoms. The summed E-state index contributed by atoms with van der Waals surface area (Å²) < 4.78 is 2.93. The van der Waals surface area contributed by atoms with Crippen LogP contribution in [0.3, 0.4) is 0 Å². The Balaban J connectivity index is 2.17. The van der Waals surface area contributed by atoms with Gasteiger partial charge in [-0.1, -0.05) is 24.3 Å². The van der Waals surface area contributed by atoms with Crippen LogP contribution >= 0.6 is 15.9 Å². The van der Waals surface area contributed by atoms with E-state index in [1.807, 2.05) is 42.1 Å². The van der Waals surface area contributed by atoms with Crippen molar-refractivity contribution in [1.29, 1.82) is 0 Å². The van der Waals surface area contributed by atoms with Crippen LogP contribution in [0.5, 0.6) is 0 Å². The summed E-state index contributed by atoms with van der Waals surface area (Å²) in [6.07, 6.45) is 1.88. The van der Waals surface area contributed by atoms with Crippen molar-refractivity contribution in [1.82, 2.24) is 9.78 Å². The minimum Gasteiger partial charge on any atom is -0.324 e. The summed E-state index contributed by atoms with van der Waals surface area (Å²) in [6, 6.07) is 14.3. The lowest BCUT2D eigenvalue weighted by atomic mass is 10.1. The van der Waals surface area contributed by atoms with E-state index >= 15 is 0 Å². The number of nitrogens with zero attached hydrogens (tertiary/aromatic N) is 2. The molecular formula is C15H14BrN3. The highest BCUT2D eigenvalue weighted by Crippen LogP contribution is 2.27. The van der Waals surface area contributed by atoms with Gasteiger partial charge in [-0.2, -0.15) is 5.10 Å². The van der Waals surface area contributed by atoms with E-state index in [1.54, 1.807) is 0 Å². The zero-order valence-electron chi connectivity index (χ0n) is 10.5. The maximum atomic E-state index is 5.90. The molecule has 1 heterocycles. The van der Waals surface area contributed by atoms with E-state index < -0.39 is 0 Å². The topological polar surface area (TPSA) is 43.8 Å². The molecule has 0 unspecified atom stereocenters. The summed E-state index contributed by atoms with van der Waals surface area (Å²) in [4.78, 5) is 0. The van der Waals surface area contributed by atoms with Crippen molar-refractivity contribution in [3.63, 3.8) is 0 Å². The maximum absolute atomic E-state index is 5.90. The van der Waals surface area contributed by atoms with Gasteiger partial charge in [0.25, 0.3) is 0 Å². The second-order valence-corrected chi connectivity index (χ2v) is 5.47. The van der Waals surface area contributed by atoms with Gasteiger partial charge >= 0.3 is 0 Å². The molecule has 0 saturated heterocycles. The van der Waals surface area contributed by atoms with Crippen LogP contribution in [0.25, 0.3) is 16.6 Å². The highest BCUT2D eigenvalue weighted by atomic mass is 79.9. The van der Waals surface area contributed by atoms with Crippen molar-refractivity contribution in [2.45, 2.75) is 13.0 Å². The van der Waals surface area contributed by atoms with E-state index in [9.17, 15) is 0 Å². The third kappa shape index (κ3) is 2.17. The van der Waals surface area contributed by atoms with E-state index in [-0.39, 0.29) is 6.04 Å². The van der Waals surface area contributed by atoms with Crippen LogP contribution in [-0.4, -0.2) is 9.78 Å². The summed E-state index contributed by atoms with van der Waals surface area (Å²) in [5.74, 6) is 0. The minimum atomic E-state index is 0.0275. The van der Waals surface area contributed by atoms with Crippen molar-refractivity contribution in [2.75, 3.05) is 0 Å². The van der Waals surface area contributed by atoms with Crippen molar-refractivity contribution in [2.24, 2.45) is 5.73 Å². The molecule has 19 heavy (non-hydrogen) atoms. The van der Waals surface area contributed by atoms with Gasteiger partial charge in [0.05, 0.1) is 17.4 Å². The van der Waals surface area contributed by atoms with Gasteiger partial charge in [-0.25, -0.2) is 4.68 Å². The van der Waals surface area contributed by atoms with E-state index in [2.05, 4.69) is 39.2 Å². The molecule has 96 valence electrons. The Kier molecular flexibility index (Phi) is 3.12. The first-order chi connectivity index (χ1) is 9.16. The number of rotatable bonds is 2. The van der Waals surface area contributed by atoms with Gasteiger partial charge < -0.3 is 5.73 Å². The number of aromatic nitrogens is 2. The SMILES string of the molecule is C[C@@H](N)c1ccc(-n2ncc3ccccc32)c(Br)c1. The summed E-state index contributed by atoms with van der Waals surface area (Å²) in [5, 5.41) is 5.59. The number of hydrogen-bond acceptors (Lipinski definition) is 2. The number of nitrogens with two attached hydrogens (primary N) is 1. The van der Waals surface area contributed by atoms with Crippen molar-refractivity contribution < 1.29 is 0 Å². The quantitative estimate of drug-likeness (QED) is 0.781. The van der Waals surface area contributed by atoms with Crippen molar-refractivity contribution in [3.8, 4) is 5.69 Å². The van der Waals surface area contributed by atoms with Gasteiger partial charge in [0.15, 0.2) is 0 Å². The zero-order valence-corrected chi connectivity index (χ0v) is 12.1. The second-order valence-electron chi connectivity index (χ2n) is 4.61. The van der Waals surface area contributed by atoms with E-state index in [4.69, 9.17) is 5.73 Å². The third-order valence-electron chi connectivity index (χ3n) is 3.20. The lowest BCUT2D eigenvalue weighted by Crippen LogP contribution is -2.06. The molecule has 0 amide bonds. The van der Waals surface area contributed by atoms with Crippen LogP contribution in [0.1, 0.15) is 18.5 Å². The molecule has 3 aromatic rings. The molecule has 0 radical (unpaired) electrons. The molecule has 0 saturated carbocycles. The monoisotopic (exact) mass is 315 g/mol. The summed E-state index contributed by atoms with van der Waals surface area (Å²) in [5.41, 5.74) is 9.12. The Hall–Kier alpha value is -1.65. The van der Waals surface area contributed by atoms with Crippen LogP contribution in [0.4, 0.5) is 0 Å². The standard InChI is InChI=1S/C15H14BrN3/c1-10(17)11-6-7-15(13(16)8-11)19-14-5-3-2-4-12(14)9-18-19/h2-10H,17H2,1H3/t10-/m1/s1. The molecule has 0 spiro atoms. The van der Waals surface area contributed by atoms with E-state index in [1.165, 1.54) is 0 Å². The average molecular weight is 316 g/mol. The van der Waals surface area contributed by atoms with Gasteiger partial charge in [0.2, 0.25) is 0 Å². The number of para-hydroxylation sites is 1. The van der Waals surface area contributed by atoms with Crippen molar-refractivity contribution >= 4 is 26.8 Å². The first-order valence-corrected chi connectivity index (χ1v) is 6.94. The minimum absolute atomic E-state index is 0.0275. The molecule has 1 atom stereocenters. The highest BCUT2D eigenvalue weighted by molar-refractivity contribution is 9.10. The lowest BCUT2D eigenvalue weighted by Gasteiger charge is -2.10. The van der Waals surface area contributed by atoms with Gasteiger partial charge in [-0.15, -0.1) is 0 Å². The number of fused-ring (bicyclic) bond motifs is 1. The fraction of sp³-hybridized carbons (Fsp3) is 0.133. The maximum Gasteiger partial charge on any atom is 0.0795 e. The molecule has 0 fully saturated rings. The molecule has 3 nitrogen and oxygen atoms in total. The summed E-state index contributed by atoms with van der Waals surface area (Å²) >= 11 is 3.61. The van der Waals surface area contributed by atoms with Crippen LogP contribution in [0.2, 0.25) is 0 Å². The molecule has 2 aromatic carbocycles. The van der Waals surface area contributed by atoms with Crippen LogP contribution in [0.15, 0.2) is 53.1 Å². The molecule has 1 aromatic heterocycles. The predicted octanol–water partition coefficient (Wildman–Crippen LogP) is 3.81. The second kappa shape index (κ2) is 4.79. The smallest absolute Gasteiger partial charge is 0.0795 e. The van der Waals surface area contributed by atoms with Gasteiger partial charge in [0, 0.05) is 15.9 Å². The molecule has 0 aliphatic heterocycles. The Morgan fingerprint density at radius 2 is 2.00 bits per heavy atom. The Bertz CT molecular complexity index is 731. The Morgan fingerprint density at radius 3 is 2.74 bits per heavy atom. The normalized spacial score (nSPS) is 12.8. The lowest BCUT2D eigenvalue weighted by molar-refractivity contribution is 0.814. The highest BCUT2D eigenvalue weighted by Gasteiger charge is 2.09. The molecular weight excluding hydrogens is 302 g/mol. The largest absolute Gasteiger partial charge is 0.324 e. The third-order valence-corrected chi connectivity index (χ3v) is 3.84. The number of benzene rings is 2. The Labute approximate surface area is 120 Å². The number of hydrogen-bond donors (Lipinski definition) is 1. The van der Waals surface area contributed by atoms with Crippen LogP contribution < -0.4 is 5.73 Å². The predicted molar refractivity (Wildman–Crippen MR) is 81.4 cm³/mol. The zero-order chi connectivity index (χ0) is 13.4. The summed E-state index contributed by atoms with van der Waals surface area (Å²) in [7, 11) is 0. The molecule has 3 rings (SSSR count). The fourth-order valence-corrected chi connectivity index (χ4v) is 2.71. The molecule has 0 bridgehead atoms. The van der Waals surface area contributed by atoms with Crippen molar-refractivity contribution in [3.05, 3.63) is 58.7 Å². The van der Waals surface area contributed by atoms with Gasteiger partial charge in [-0.05, 0) is 46.6 Å². The van der Waals surface area contributed by atoms with Gasteiger partial charge in [0.1, 0.15) is 0 Å². The van der Waals surface area contributed by atoms with Gasteiger partial charge in [-0.3, -0.25) is 0 Å². The van der Waals surface area contributed by atoms with E-state index in [0.29, 0.717) is 0 Å². The van der Waals surface area contributed by atoms with E-state index in [0.717, 1.165) is 26.6 Å². The summed E-state index contributed by atoms with van der Waals surface area (Å²) in [6.45, 7) is 1.98. The molecule has 0 aliphatic rings. The molecule has 0 aliphatic carbocycles. The average Bonchev–Trinajstić information content (AvgIpc) is 2.82. The van der Waals surface area contributed by atoms with Crippen LogP contribution in [0, 0.1) is 0 Å². The first kappa shape index (κ1) is 12.4. The van der Waals surface area contributed by atoms with Crippen LogP contribution in [-0.2, 0) is 0 Å². The number of halogens is 1. The first-order valence-electron chi connectivity index (χ1n) is 6.15. The molecule has 2 N–H and O–H groups in total. The fourth-order valence-electron chi connectivity index (χ4n) is 2.14. The Morgan fingerprint density at radius 1 is 1.21 bits per heavy atom.